The molecule has 2 heterocycles. The minimum absolute atomic E-state index is 0.0547. The summed E-state index contributed by atoms with van der Waals surface area (Å²) in [6.45, 7) is 8.96. The Morgan fingerprint density at radius 3 is 2.60 bits per heavy atom. The van der Waals surface area contributed by atoms with E-state index in [-0.39, 0.29) is 5.91 Å². The van der Waals surface area contributed by atoms with Crippen LogP contribution >= 0.6 is 11.8 Å². The SMILES string of the molecule is CCCCOc1ccc(C2Oc3nc(SCC(C)C)nnc3-c3ccccc3N2C(=O)CC)cc1. The molecule has 4 rings (SSSR count). The van der Waals surface area contributed by atoms with Gasteiger partial charge in [0.25, 0.3) is 0 Å². The zero-order chi connectivity index (χ0) is 24.8. The van der Waals surface area contributed by atoms with Crippen molar-refractivity contribution in [2.24, 2.45) is 5.92 Å². The summed E-state index contributed by atoms with van der Waals surface area (Å²) in [5, 5.41) is 9.39. The van der Waals surface area contributed by atoms with Crippen LogP contribution in [0, 0.1) is 5.92 Å². The number of para-hydroxylation sites is 1. The Bertz CT molecular complexity index is 1150. The van der Waals surface area contributed by atoms with E-state index in [1.165, 1.54) is 0 Å². The van der Waals surface area contributed by atoms with Crippen molar-refractivity contribution in [1.29, 1.82) is 0 Å². The van der Waals surface area contributed by atoms with Gasteiger partial charge in [0.1, 0.15) is 5.75 Å². The lowest BCUT2D eigenvalue weighted by molar-refractivity contribution is -0.120. The van der Waals surface area contributed by atoms with Gasteiger partial charge < -0.3 is 9.47 Å². The van der Waals surface area contributed by atoms with Gasteiger partial charge in [-0.05, 0) is 42.7 Å². The number of carbonyl (C=O) groups excluding carboxylic acids is 1. The Labute approximate surface area is 211 Å². The molecule has 0 fully saturated rings. The van der Waals surface area contributed by atoms with Crippen molar-refractivity contribution in [3.05, 3.63) is 54.1 Å². The minimum atomic E-state index is -0.700. The molecule has 0 radical (unpaired) electrons. The maximum absolute atomic E-state index is 13.3. The smallest absolute Gasteiger partial charge is 0.247 e. The third-order valence-electron chi connectivity index (χ3n) is 5.56. The van der Waals surface area contributed by atoms with E-state index in [4.69, 9.17) is 14.5 Å². The second-order valence-corrected chi connectivity index (χ2v) is 9.82. The molecule has 1 unspecified atom stereocenters. The predicted octanol–water partition coefficient (Wildman–Crippen LogP) is 6.30. The van der Waals surface area contributed by atoms with Gasteiger partial charge in [-0.3, -0.25) is 9.69 Å². The van der Waals surface area contributed by atoms with Crippen molar-refractivity contribution < 1.29 is 14.3 Å². The van der Waals surface area contributed by atoms with E-state index in [0.717, 1.165) is 41.2 Å². The second kappa shape index (κ2) is 11.5. The Balaban J connectivity index is 1.77. The number of hydrogen-bond acceptors (Lipinski definition) is 7. The van der Waals surface area contributed by atoms with Crippen LogP contribution < -0.4 is 14.4 Å². The van der Waals surface area contributed by atoms with E-state index in [2.05, 4.69) is 31.0 Å². The van der Waals surface area contributed by atoms with E-state index in [0.29, 0.717) is 35.7 Å². The van der Waals surface area contributed by atoms with Gasteiger partial charge in [-0.2, -0.15) is 4.98 Å². The topological polar surface area (TPSA) is 77.4 Å². The van der Waals surface area contributed by atoms with Gasteiger partial charge in [0, 0.05) is 23.3 Å². The molecule has 184 valence electrons. The maximum atomic E-state index is 13.3. The third-order valence-corrected chi connectivity index (χ3v) is 6.83. The molecule has 35 heavy (non-hydrogen) atoms. The number of rotatable bonds is 9. The quantitative estimate of drug-likeness (QED) is 0.256. The van der Waals surface area contributed by atoms with E-state index in [1.54, 1.807) is 16.7 Å². The number of amides is 1. The minimum Gasteiger partial charge on any atom is -0.494 e. The number of hydrogen-bond donors (Lipinski definition) is 0. The number of fused-ring (bicyclic) bond motifs is 3. The molecule has 2 aromatic carbocycles. The summed E-state index contributed by atoms with van der Waals surface area (Å²) in [7, 11) is 0. The fraction of sp³-hybridized carbons (Fsp3) is 0.407. The average molecular weight is 493 g/mol. The number of nitrogens with zero attached hydrogens (tertiary/aromatic N) is 4. The molecule has 1 atom stereocenters. The zero-order valence-corrected chi connectivity index (χ0v) is 21.5. The standard InChI is InChI=1S/C27H32N4O3S/c1-5-7-16-33-20-14-12-19(13-15-20)26-31(23(32)6-2)22-11-9-8-10-21(22)24-25(34-26)28-27(30-29-24)35-17-18(3)4/h8-15,18,26H,5-7,16-17H2,1-4H3. The number of aromatic nitrogens is 3. The van der Waals surface area contributed by atoms with Crippen LogP contribution in [0.1, 0.15) is 58.7 Å². The summed E-state index contributed by atoms with van der Waals surface area (Å²) in [5.74, 6) is 2.48. The average Bonchev–Trinajstić information content (AvgIpc) is 3.02. The molecule has 0 saturated carbocycles. The largest absolute Gasteiger partial charge is 0.494 e. The molecule has 1 aliphatic rings. The summed E-state index contributed by atoms with van der Waals surface area (Å²) >= 11 is 1.55. The molecule has 3 aromatic rings. The molecule has 0 bridgehead atoms. The number of anilines is 1. The first kappa shape index (κ1) is 25.0. The lowest BCUT2D eigenvalue weighted by Gasteiger charge is -2.30. The molecule has 7 nitrogen and oxygen atoms in total. The van der Waals surface area contributed by atoms with Crippen molar-refractivity contribution >= 4 is 23.4 Å². The first-order valence-corrected chi connectivity index (χ1v) is 13.2. The van der Waals surface area contributed by atoms with Crippen molar-refractivity contribution in [1.82, 2.24) is 15.2 Å². The van der Waals surface area contributed by atoms with E-state index in [9.17, 15) is 4.79 Å². The molecule has 0 spiro atoms. The van der Waals surface area contributed by atoms with Crippen LogP contribution in [0.3, 0.4) is 0 Å². The van der Waals surface area contributed by atoms with Crippen molar-refractivity contribution in [2.75, 3.05) is 17.3 Å². The van der Waals surface area contributed by atoms with Crippen molar-refractivity contribution in [3.63, 3.8) is 0 Å². The Hall–Kier alpha value is -3.13. The number of benzene rings is 2. The first-order chi connectivity index (χ1) is 17.0. The highest BCUT2D eigenvalue weighted by molar-refractivity contribution is 7.99. The van der Waals surface area contributed by atoms with Crippen LogP contribution in [0.25, 0.3) is 11.3 Å². The Morgan fingerprint density at radius 1 is 1.11 bits per heavy atom. The number of thioether (sulfide) groups is 1. The van der Waals surface area contributed by atoms with Gasteiger partial charge in [0.2, 0.25) is 23.2 Å². The molecule has 8 heteroatoms. The monoisotopic (exact) mass is 492 g/mol. The van der Waals surface area contributed by atoms with Gasteiger partial charge in [0.05, 0.1) is 12.3 Å². The van der Waals surface area contributed by atoms with Crippen molar-refractivity contribution in [2.45, 2.75) is 58.3 Å². The van der Waals surface area contributed by atoms with Crippen LogP contribution in [0.15, 0.2) is 53.7 Å². The zero-order valence-electron chi connectivity index (χ0n) is 20.7. The first-order valence-electron chi connectivity index (χ1n) is 12.2. The van der Waals surface area contributed by atoms with E-state index < -0.39 is 6.23 Å². The number of carbonyl (C=O) groups is 1. The number of ether oxygens (including phenoxy) is 2. The summed E-state index contributed by atoms with van der Waals surface area (Å²) in [6.07, 6.45) is 1.71. The summed E-state index contributed by atoms with van der Waals surface area (Å²) < 4.78 is 12.3. The lowest BCUT2D eigenvalue weighted by Crippen LogP contribution is -2.37. The Morgan fingerprint density at radius 2 is 1.89 bits per heavy atom. The molecule has 1 aliphatic heterocycles. The predicted molar refractivity (Wildman–Crippen MR) is 139 cm³/mol. The molecular formula is C27H32N4O3S. The summed E-state index contributed by atoms with van der Waals surface area (Å²) in [5.41, 5.74) is 2.86. The van der Waals surface area contributed by atoms with Gasteiger partial charge in [0.15, 0.2) is 5.69 Å². The fourth-order valence-corrected chi connectivity index (χ4v) is 4.46. The lowest BCUT2D eigenvalue weighted by atomic mass is 10.1. The van der Waals surface area contributed by atoms with Crippen LogP contribution in [-0.4, -0.2) is 33.4 Å². The van der Waals surface area contributed by atoms with Gasteiger partial charge >= 0.3 is 0 Å². The highest BCUT2D eigenvalue weighted by Crippen LogP contribution is 2.43. The highest BCUT2D eigenvalue weighted by Gasteiger charge is 2.35. The van der Waals surface area contributed by atoms with Gasteiger partial charge in [-0.1, -0.05) is 64.1 Å². The third kappa shape index (κ3) is 5.75. The van der Waals surface area contributed by atoms with Gasteiger partial charge in [-0.15, -0.1) is 10.2 Å². The van der Waals surface area contributed by atoms with E-state index in [1.807, 2.05) is 55.5 Å². The van der Waals surface area contributed by atoms with Crippen LogP contribution in [0.4, 0.5) is 5.69 Å². The van der Waals surface area contributed by atoms with Crippen LogP contribution in [0.2, 0.25) is 0 Å². The normalized spacial score (nSPS) is 14.7. The fourth-order valence-electron chi connectivity index (χ4n) is 3.74. The molecular weight excluding hydrogens is 460 g/mol. The van der Waals surface area contributed by atoms with E-state index >= 15 is 0 Å². The summed E-state index contributed by atoms with van der Waals surface area (Å²) in [4.78, 5) is 19.7. The number of unbranched alkanes of at least 4 members (excludes halogenated alkanes) is 1. The summed E-state index contributed by atoms with van der Waals surface area (Å²) in [6, 6.07) is 15.4. The van der Waals surface area contributed by atoms with Crippen LogP contribution in [0.5, 0.6) is 11.6 Å². The molecule has 1 aromatic heterocycles. The Kier molecular flexibility index (Phi) is 8.23. The second-order valence-electron chi connectivity index (χ2n) is 8.83. The maximum Gasteiger partial charge on any atom is 0.247 e. The van der Waals surface area contributed by atoms with Gasteiger partial charge in [-0.25, -0.2) is 0 Å². The molecule has 0 saturated heterocycles. The van der Waals surface area contributed by atoms with Crippen LogP contribution in [-0.2, 0) is 4.79 Å². The molecule has 1 amide bonds. The highest BCUT2D eigenvalue weighted by atomic mass is 32.2. The molecule has 0 aliphatic carbocycles. The van der Waals surface area contributed by atoms with Crippen molar-refractivity contribution in [3.8, 4) is 22.9 Å². The molecule has 0 N–H and O–H groups in total.